The number of hydrogen-bond acceptors (Lipinski definition) is 6. The fraction of sp³-hybridized carbons (Fsp3) is 0.0833. The van der Waals surface area contributed by atoms with Crippen LogP contribution in [-0.2, 0) is 0 Å². The van der Waals surface area contributed by atoms with Gasteiger partial charge in [0.2, 0.25) is 0 Å². The highest BCUT2D eigenvalue weighted by Crippen LogP contribution is 2.37. The summed E-state index contributed by atoms with van der Waals surface area (Å²) in [6, 6.07) is 21.4. The van der Waals surface area contributed by atoms with Gasteiger partial charge < -0.3 is 16.4 Å². The maximum absolute atomic E-state index is 6.40. The van der Waals surface area contributed by atoms with Crippen LogP contribution in [-0.4, -0.2) is 23.1 Å². The van der Waals surface area contributed by atoms with Crippen LogP contribution in [0.5, 0.6) is 0 Å². The Morgan fingerprint density at radius 2 is 1.59 bits per heavy atom. The Morgan fingerprint density at radius 3 is 2.41 bits per heavy atom. The third-order valence-electron chi connectivity index (χ3n) is 5.11. The first-order valence-electron chi connectivity index (χ1n) is 10.1. The summed E-state index contributed by atoms with van der Waals surface area (Å²) in [6.45, 7) is 1.34. The third-order valence-corrected chi connectivity index (χ3v) is 6.80. The average Bonchev–Trinajstić information content (AvgIpc) is 3.12. The van der Waals surface area contributed by atoms with Crippen molar-refractivity contribution in [2.75, 3.05) is 29.5 Å². The molecule has 4 N–H and O–H groups in total. The molecule has 8 heteroatoms. The van der Waals surface area contributed by atoms with Gasteiger partial charge in [0.15, 0.2) is 5.82 Å². The Bertz CT molecular complexity index is 1430. The lowest BCUT2D eigenvalue weighted by molar-refractivity contribution is 1.06. The molecule has 2 heterocycles. The second-order valence-corrected chi connectivity index (χ2v) is 9.13. The third kappa shape index (κ3) is 4.05. The van der Waals surface area contributed by atoms with Crippen LogP contribution >= 0.6 is 34.5 Å². The van der Waals surface area contributed by atoms with Gasteiger partial charge in [-0.1, -0.05) is 53.5 Å². The van der Waals surface area contributed by atoms with Gasteiger partial charge in [-0.25, -0.2) is 9.97 Å². The number of nitrogen functional groups attached to an aromatic ring is 1. The smallest absolute Gasteiger partial charge is 0.163 e. The second-order valence-electron chi connectivity index (χ2n) is 7.23. The van der Waals surface area contributed by atoms with Gasteiger partial charge in [0.25, 0.3) is 0 Å². The Labute approximate surface area is 199 Å². The first kappa shape index (κ1) is 20.8. The van der Waals surface area contributed by atoms with Crippen LogP contribution in [0.15, 0.2) is 66.7 Å². The van der Waals surface area contributed by atoms with Gasteiger partial charge in [0, 0.05) is 39.1 Å². The van der Waals surface area contributed by atoms with E-state index in [2.05, 4.69) is 16.7 Å². The lowest BCUT2D eigenvalue weighted by Crippen LogP contribution is -2.15. The summed E-state index contributed by atoms with van der Waals surface area (Å²) in [7, 11) is 0. The van der Waals surface area contributed by atoms with Crippen LogP contribution in [0, 0.1) is 0 Å². The molecule has 0 saturated carbocycles. The molecule has 0 spiro atoms. The number of hydrogen-bond donors (Lipinski definition) is 3. The van der Waals surface area contributed by atoms with E-state index < -0.39 is 0 Å². The van der Waals surface area contributed by atoms with E-state index in [9.17, 15) is 0 Å². The standard InChI is InChI=1S/C24H19Cl2N5S/c25-14-9-10-15(18(26)13-14)23-30-19-7-3-1-5-16(19)22(31-23)28-11-12-29-24-21(27)17-6-2-4-8-20(17)32-24/h1-10,13,29H,11-12,27H2,(H,28,30,31). The zero-order valence-corrected chi connectivity index (χ0v) is 19.2. The van der Waals surface area contributed by atoms with Crippen molar-refractivity contribution in [1.82, 2.24) is 9.97 Å². The zero-order valence-electron chi connectivity index (χ0n) is 16.9. The van der Waals surface area contributed by atoms with E-state index in [0.717, 1.165) is 38.4 Å². The van der Waals surface area contributed by atoms with E-state index in [0.29, 0.717) is 29.0 Å². The number of rotatable bonds is 6. The zero-order chi connectivity index (χ0) is 22.1. The van der Waals surface area contributed by atoms with E-state index in [-0.39, 0.29) is 0 Å². The molecule has 160 valence electrons. The van der Waals surface area contributed by atoms with Gasteiger partial charge in [-0.15, -0.1) is 11.3 Å². The first-order valence-corrected chi connectivity index (χ1v) is 11.6. The number of thiophene rings is 1. The number of nitrogens with two attached hydrogens (primary N) is 1. The van der Waals surface area contributed by atoms with E-state index >= 15 is 0 Å². The molecule has 0 aliphatic heterocycles. The molecule has 0 atom stereocenters. The lowest BCUT2D eigenvalue weighted by Gasteiger charge is -2.12. The number of anilines is 3. The molecular formula is C24H19Cl2N5S. The molecule has 0 aliphatic carbocycles. The van der Waals surface area contributed by atoms with Crippen molar-refractivity contribution in [2.24, 2.45) is 0 Å². The Morgan fingerprint density at radius 1 is 0.844 bits per heavy atom. The number of nitrogens with one attached hydrogen (secondary N) is 2. The monoisotopic (exact) mass is 479 g/mol. The summed E-state index contributed by atoms with van der Waals surface area (Å²) in [6.07, 6.45) is 0. The first-order chi connectivity index (χ1) is 15.6. The lowest BCUT2D eigenvalue weighted by atomic mass is 10.2. The number of para-hydroxylation sites is 1. The predicted octanol–water partition coefficient (Wildman–Crippen LogP) is 6.92. The van der Waals surface area contributed by atoms with E-state index in [1.54, 1.807) is 23.5 Å². The molecule has 5 nitrogen and oxygen atoms in total. The van der Waals surface area contributed by atoms with Gasteiger partial charge in [0.05, 0.1) is 16.2 Å². The van der Waals surface area contributed by atoms with Gasteiger partial charge in [0.1, 0.15) is 10.8 Å². The summed E-state index contributed by atoms with van der Waals surface area (Å²) >= 11 is 14.1. The summed E-state index contributed by atoms with van der Waals surface area (Å²) < 4.78 is 1.17. The Balaban J connectivity index is 1.38. The topological polar surface area (TPSA) is 75.9 Å². The highest BCUT2D eigenvalue weighted by atomic mass is 35.5. The number of halogens is 2. The van der Waals surface area contributed by atoms with Crippen LogP contribution in [0.2, 0.25) is 10.0 Å². The normalized spacial score (nSPS) is 11.2. The van der Waals surface area contributed by atoms with Gasteiger partial charge in [-0.3, -0.25) is 0 Å². The van der Waals surface area contributed by atoms with Crippen LogP contribution in [0.1, 0.15) is 0 Å². The molecule has 2 aromatic heterocycles. The Hall–Kier alpha value is -3.06. The molecule has 0 amide bonds. The van der Waals surface area contributed by atoms with Crippen molar-refractivity contribution in [2.45, 2.75) is 0 Å². The maximum Gasteiger partial charge on any atom is 0.163 e. The van der Waals surface area contributed by atoms with Gasteiger partial charge in [-0.2, -0.15) is 0 Å². The van der Waals surface area contributed by atoms with Crippen molar-refractivity contribution in [3.63, 3.8) is 0 Å². The van der Waals surface area contributed by atoms with Crippen molar-refractivity contribution < 1.29 is 0 Å². The summed E-state index contributed by atoms with van der Waals surface area (Å²) in [4.78, 5) is 9.46. The van der Waals surface area contributed by atoms with Crippen LogP contribution < -0.4 is 16.4 Å². The minimum absolute atomic E-state index is 0.514. The quantitative estimate of drug-likeness (QED) is 0.230. The molecule has 0 unspecified atom stereocenters. The summed E-state index contributed by atoms with van der Waals surface area (Å²) in [5, 5.41) is 11.0. The number of nitrogens with zero attached hydrogens (tertiary/aromatic N) is 2. The largest absolute Gasteiger partial charge is 0.396 e. The molecule has 0 aliphatic rings. The predicted molar refractivity (Wildman–Crippen MR) is 138 cm³/mol. The second kappa shape index (κ2) is 8.82. The number of fused-ring (bicyclic) bond motifs is 2. The van der Waals surface area contributed by atoms with Crippen LogP contribution in [0.4, 0.5) is 16.5 Å². The average molecular weight is 480 g/mol. The van der Waals surface area contributed by atoms with E-state index in [1.807, 2.05) is 48.5 Å². The van der Waals surface area contributed by atoms with E-state index in [4.69, 9.17) is 38.9 Å². The van der Waals surface area contributed by atoms with Crippen molar-refractivity contribution in [3.8, 4) is 11.4 Å². The van der Waals surface area contributed by atoms with Gasteiger partial charge in [-0.05, 0) is 36.4 Å². The molecule has 0 fully saturated rings. The fourth-order valence-corrected chi connectivity index (χ4v) is 5.10. The highest BCUT2D eigenvalue weighted by Gasteiger charge is 2.13. The summed E-state index contributed by atoms with van der Waals surface area (Å²) in [5.41, 5.74) is 8.67. The van der Waals surface area contributed by atoms with E-state index in [1.165, 1.54) is 4.70 Å². The molecule has 0 saturated heterocycles. The summed E-state index contributed by atoms with van der Waals surface area (Å²) in [5.74, 6) is 1.30. The number of aromatic nitrogens is 2. The fourth-order valence-electron chi connectivity index (χ4n) is 3.56. The maximum atomic E-state index is 6.40. The van der Waals surface area contributed by atoms with Crippen molar-refractivity contribution in [3.05, 3.63) is 76.8 Å². The highest BCUT2D eigenvalue weighted by molar-refractivity contribution is 7.23. The molecule has 0 radical (unpaired) electrons. The van der Waals surface area contributed by atoms with Crippen LogP contribution in [0.3, 0.4) is 0 Å². The molecule has 5 rings (SSSR count). The Kier molecular flexibility index (Phi) is 5.74. The molecule has 32 heavy (non-hydrogen) atoms. The van der Waals surface area contributed by atoms with Gasteiger partial charge >= 0.3 is 0 Å². The molecule has 0 bridgehead atoms. The molecule has 3 aromatic carbocycles. The minimum atomic E-state index is 0.514. The molecular weight excluding hydrogens is 461 g/mol. The van der Waals surface area contributed by atoms with Crippen molar-refractivity contribution in [1.29, 1.82) is 0 Å². The number of benzene rings is 3. The minimum Gasteiger partial charge on any atom is -0.396 e. The van der Waals surface area contributed by atoms with Crippen LogP contribution in [0.25, 0.3) is 32.4 Å². The SMILES string of the molecule is Nc1c(NCCNc2nc(-c3ccc(Cl)cc3Cl)nc3ccccc23)sc2ccccc12. The molecule has 5 aromatic rings. The van der Waals surface area contributed by atoms with Crippen molar-refractivity contribution >= 4 is 72.0 Å².